The molecule has 8 nitrogen and oxygen atoms in total. The van der Waals surface area contributed by atoms with Gasteiger partial charge in [-0.2, -0.15) is 0 Å². The molecule has 2 aliphatic heterocycles. The first-order valence-corrected chi connectivity index (χ1v) is 19.6. The lowest BCUT2D eigenvalue weighted by Gasteiger charge is -2.25. The molecule has 2 saturated heterocycles. The quantitative estimate of drug-likeness (QED) is 0.0455. The minimum absolute atomic E-state index is 0.107. The van der Waals surface area contributed by atoms with Gasteiger partial charge in [-0.05, 0) is 25.0 Å². The average Bonchev–Trinajstić information content (AvgIpc) is 3.37. The second-order valence-corrected chi connectivity index (χ2v) is 14.6. The van der Waals surface area contributed by atoms with Crippen LogP contribution in [0.3, 0.4) is 0 Å². The van der Waals surface area contributed by atoms with Crippen molar-refractivity contribution < 1.29 is 37.7 Å². The summed E-state index contributed by atoms with van der Waals surface area (Å²) in [5, 5.41) is 0. The number of benzene rings is 1. The monoisotopic (exact) mass is 652 g/mol. The third-order valence-corrected chi connectivity index (χ3v) is 11.1. The van der Waals surface area contributed by atoms with Crippen LogP contribution in [0.1, 0.15) is 142 Å². The lowest BCUT2D eigenvalue weighted by molar-refractivity contribution is -0.830. The topological polar surface area (TPSA) is 95.7 Å². The van der Waals surface area contributed by atoms with Gasteiger partial charge in [-0.25, -0.2) is 9.09 Å². The average molecular weight is 653 g/mol. The molecule has 258 valence electrons. The van der Waals surface area contributed by atoms with Crippen LogP contribution in [0, 0.1) is 5.92 Å². The molecular weight excluding hydrogens is 589 g/mol. The van der Waals surface area contributed by atoms with E-state index in [0.717, 1.165) is 44.2 Å². The van der Waals surface area contributed by atoms with Crippen LogP contribution in [0.4, 0.5) is 0 Å². The summed E-state index contributed by atoms with van der Waals surface area (Å²) >= 11 is 0. The summed E-state index contributed by atoms with van der Waals surface area (Å²) in [7, 11) is -4.50. The summed E-state index contributed by atoms with van der Waals surface area (Å²) in [6.07, 6.45) is 20.2. The van der Waals surface area contributed by atoms with Crippen LogP contribution in [-0.4, -0.2) is 48.9 Å². The highest BCUT2D eigenvalue weighted by Crippen LogP contribution is 2.61. The van der Waals surface area contributed by atoms with Crippen molar-refractivity contribution >= 4 is 13.8 Å². The van der Waals surface area contributed by atoms with Crippen LogP contribution in [0.25, 0.3) is 0 Å². The number of hydrogen-bond acceptors (Lipinski definition) is 6. The highest BCUT2D eigenvalue weighted by Gasteiger charge is 2.89. The predicted molar refractivity (Wildman–Crippen MR) is 179 cm³/mol. The Morgan fingerprint density at radius 2 is 1.49 bits per heavy atom. The van der Waals surface area contributed by atoms with E-state index < -0.39 is 25.6 Å². The van der Waals surface area contributed by atoms with Gasteiger partial charge < -0.3 is 14.4 Å². The molecule has 0 aromatic heterocycles. The van der Waals surface area contributed by atoms with E-state index in [1.807, 2.05) is 30.3 Å². The zero-order valence-electron chi connectivity index (χ0n) is 28.7. The maximum Gasteiger partial charge on any atom is 0.477 e. The van der Waals surface area contributed by atoms with E-state index in [4.69, 9.17) is 18.5 Å². The smallest absolute Gasteiger partial charge is 0.458 e. The summed E-state index contributed by atoms with van der Waals surface area (Å²) in [5.74, 6) is -0.101. The van der Waals surface area contributed by atoms with E-state index in [1.165, 1.54) is 88.9 Å². The minimum atomic E-state index is -4.50. The summed E-state index contributed by atoms with van der Waals surface area (Å²) in [6, 6.07) is 9.77. The molecule has 0 amide bonds. The number of quaternary nitrogens is 1. The first-order valence-electron chi connectivity index (χ1n) is 18.1. The zero-order chi connectivity index (χ0) is 32.6. The van der Waals surface area contributed by atoms with E-state index in [0.29, 0.717) is 12.5 Å². The lowest BCUT2D eigenvalue weighted by Crippen LogP contribution is -2.98. The third-order valence-electron chi connectivity index (χ3n) is 10.2. The number of carbonyl (C=O) groups is 1. The number of hydrogen-bond donors (Lipinski definition) is 2. The van der Waals surface area contributed by atoms with Crippen molar-refractivity contribution in [2.75, 3.05) is 26.4 Å². The van der Waals surface area contributed by atoms with Crippen LogP contribution in [0.2, 0.25) is 0 Å². The molecule has 2 heterocycles. The van der Waals surface area contributed by atoms with Crippen molar-refractivity contribution in [1.82, 2.24) is 0 Å². The molecular formula is C36H63NO7P+. The van der Waals surface area contributed by atoms with Crippen molar-refractivity contribution in [2.24, 2.45) is 5.92 Å². The number of fused-ring (bicyclic) bond motifs is 1. The Balaban J connectivity index is 1.37. The molecule has 45 heavy (non-hydrogen) atoms. The van der Waals surface area contributed by atoms with Crippen molar-refractivity contribution in [1.29, 1.82) is 0 Å². The van der Waals surface area contributed by atoms with Gasteiger partial charge in [0.25, 0.3) is 5.72 Å². The Morgan fingerprint density at radius 3 is 2.02 bits per heavy atom. The summed E-state index contributed by atoms with van der Waals surface area (Å²) < 4.78 is 36.3. The van der Waals surface area contributed by atoms with Gasteiger partial charge in [0.05, 0.1) is 19.8 Å². The number of unbranched alkanes of at least 4 members (excludes halogenated alkanes) is 13. The minimum Gasteiger partial charge on any atom is -0.458 e. The Kier molecular flexibility index (Phi) is 16.6. The van der Waals surface area contributed by atoms with Gasteiger partial charge in [-0.15, -0.1) is 0 Å². The van der Waals surface area contributed by atoms with E-state index >= 15 is 0 Å². The number of ether oxygens (including phenoxy) is 2. The standard InChI is InChI=1S/C36H62NO7P/c1-5-8-9-10-11-12-13-14-15-16-17-18-19-23-28-41-29-34(43-31(4)38)30-42-45(39,40)44-36(33-24-21-20-22-25-33)35(7-3)32(6-2)26-27-37(35)36/h20-22,24-25,32,34H,5-19,23,26-30H2,1-4H3,(H,39,40)/p+1. The fourth-order valence-corrected chi connectivity index (χ4v) is 9.09. The van der Waals surface area contributed by atoms with Gasteiger partial charge in [0, 0.05) is 37.9 Å². The molecule has 0 bridgehead atoms. The molecule has 6 unspecified atom stereocenters. The summed E-state index contributed by atoms with van der Waals surface area (Å²) in [6.45, 7) is 9.16. The highest BCUT2D eigenvalue weighted by atomic mass is 31.2. The van der Waals surface area contributed by atoms with Crippen LogP contribution in [0.5, 0.6) is 0 Å². The maximum absolute atomic E-state index is 13.5. The number of piperidine rings is 1. The molecule has 3 rings (SSSR count). The largest absolute Gasteiger partial charge is 0.477 e. The Morgan fingerprint density at radius 1 is 0.911 bits per heavy atom. The molecule has 2 fully saturated rings. The molecule has 2 N–H and O–H groups in total. The number of carbonyl (C=O) groups excluding carboxylic acids is 1. The van der Waals surface area contributed by atoms with Gasteiger partial charge in [-0.3, -0.25) is 14.2 Å². The highest BCUT2D eigenvalue weighted by molar-refractivity contribution is 7.47. The molecule has 0 saturated carbocycles. The van der Waals surface area contributed by atoms with E-state index in [9.17, 15) is 14.3 Å². The van der Waals surface area contributed by atoms with E-state index in [-0.39, 0.29) is 18.8 Å². The van der Waals surface area contributed by atoms with Crippen molar-refractivity contribution in [3.8, 4) is 0 Å². The second-order valence-electron chi connectivity index (χ2n) is 13.3. The summed E-state index contributed by atoms with van der Waals surface area (Å²) in [4.78, 5) is 23.9. The number of esters is 1. The molecule has 2 aliphatic rings. The number of rotatable bonds is 26. The van der Waals surface area contributed by atoms with Crippen LogP contribution < -0.4 is 4.90 Å². The Labute approximate surface area is 273 Å². The molecule has 0 radical (unpaired) electrons. The molecule has 6 atom stereocenters. The number of phosphoric acid groups is 1. The Hall–Kier alpha value is -1.28. The fourth-order valence-electron chi connectivity index (χ4n) is 7.96. The lowest BCUT2D eigenvalue weighted by atomic mass is 9.80. The van der Waals surface area contributed by atoms with Gasteiger partial charge in [0.15, 0.2) is 5.54 Å². The molecule has 1 aromatic rings. The molecule has 0 spiro atoms. The zero-order valence-corrected chi connectivity index (χ0v) is 29.6. The van der Waals surface area contributed by atoms with Crippen LogP contribution in [-0.2, 0) is 33.6 Å². The summed E-state index contributed by atoms with van der Waals surface area (Å²) in [5.41, 5.74) is -0.310. The SMILES string of the molecule is CCCCCCCCCCCCCCCCOCC(COP(=O)(O)OC1(c2ccccc2)[NH+]2CCC(CC)C21CC)OC(C)=O. The van der Waals surface area contributed by atoms with Crippen molar-refractivity contribution in [3.05, 3.63) is 35.9 Å². The normalized spacial score (nSPS) is 25.9. The third kappa shape index (κ3) is 10.6. The van der Waals surface area contributed by atoms with Gasteiger partial charge in [0.1, 0.15) is 6.10 Å². The number of nitrogens with one attached hydrogen (secondary N) is 1. The molecule has 1 aromatic carbocycles. The van der Waals surface area contributed by atoms with Crippen molar-refractivity contribution in [3.63, 3.8) is 0 Å². The second kappa shape index (κ2) is 19.5. The predicted octanol–water partition coefficient (Wildman–Crippen LogP) is 7.88. The van der Waals surface area contributed by atoms with Crippen molar-refractivity contribution in [2.45, 2.75) is 154 Å². The van der Waals surface area contributed by atoms with Crippen LogP contribution >= 0.6 is 7.82 Å². The molecule has 9 heteroatoms. The van der Waals surface area contributed by atoms with Gasteiger partial charge in [-0.1, -0.05) is 122 Å². The fraction of sp³-hybridized carbons (Fsp3) is 0.806. The number of phosphoric ester groups is 1. The first-order chi connectivity index (χ1) is 21.8. The molecule has 0 aliphatic carbocycles. The van der Waals surface area contributed by atoms with Crippen LogP contribution in [0.15, 0.2) is 30.3 Å². The Bertz CT molecular complexity index is 1030. The maximum atomic E-state index is 13.5. The van der Waals surface area contributed by atoms with Gasteiger partial charge in [0.2, 0.25) is 0 Å². The van der Waals surface area contributed by atoms with Gasteiger partial charge >= 0.3 is 13.8 Å². The van der Waals surface area contributed by atoms with E-state index in [2.05, 4.69) is 20.8 Å². The van der Waals surface area contributed by atoms with E-state index in [1.54, 1.807) is 0 Å². The first kappa shape index (κ1) is 38.2.